The van der Waals surface area contributed by atoms with Gasteiger partial charge in [-0.15, -0.1) is 0 Å². The summed E-state index contributed by atoms with van der Waals surface area (Å²) in [6.07, 6.45) is 0. The Morgan fingerprint density at radius 3 is 2.60 bits per heavy atom. The van der Waals surface area contributed by atoms with Crippen LogP contribution in [-0.4, -0.2) is 8.42 Å². The highest BCUT2D eigenvalue weighted by Gasteiger charge is 2.20. The zero-order valence-corrected chi connectivity index (χ0v) is 13.7. The minimum absolute atomic E-state index is 0.00371. The molecule has 0 bridgehead atoms. The zero-order valence-electron chi connectivity index (χ0n) is 10.5. The Morgan fingerprint density at radius 2 is 1.95 bits per heavy atom. The number of nitrogens with two attached hydrogens (primary N) is 1. The molecule has 0 radical (unpaired) electrons. The fourth-order valence-electron chi connectivity index (χ4n) is 1.70. The Labute approximate surface area is 131 Å². The molecule has 0 spiro atoms. The van der Waals surface area contributed by atoms with E-state index in [2.05, 4.69) is 20.7 Å². The molecular formula is C13H12BrClN2O2S. The fourth-order valence-corrected chi connectivity index (χ4v) is 4.04. The van der Waals surface area contributed by atoms with E-state index in [4.69, 9.17) is 17.3 Å². The van der Waals surface area contributed by atoms with E-state index in [-0.39, 0.29) is 15.6 Å². The lowest BCUT2D eigenvalue weighted by molar-refractivity contribution is 0.601. The second-order valence-corrected chi connectivity index (χ2v) is 7.16. The number of sulfonamides is 1. The van der Waals surface area contributed by atoms with Gasteiger partial charge < -0.3 is 5.73 Å². The lowest BCUT2D eigenvalue weighted by Crippen LogP contribution is -2.14. The number of rotatable bonds is 3. The lowest BCUT2D eigenvalue weighted by Gasteiger charge is -2.12. The standard InChI is InChI=1S/C13H12BrClN2O2S/c1-8-3-2-4-10(5-8)17-20(18,19)12-7-9(15)6-11(16)13(12)14/h2-7,17H,16H2,1H3. The normalized spacial score (nSPS) is 11.3. The molecule has 0 atom stereocenters. The quantitative estimate of drug-likeness (QED) is 0.802. The van der Waals surface area contributed by atoms with Gasteiger partial charge in [-0.25, -0.2) is 8.42 Å². The van der Waals surface area contributed by atoms with E-state index >= 15 is 0 Å². The van der Waals surface area contributed by atoms with Crippen LogP contribution in [0.5, 0.6) is 0 Å². The highest BCUT2D eigenvalue weighted by atomic mass is 79.9. The van der Waals surface area contributed by atoms with Crippen LogP contribution in [0, 0.1) is 6.92 Å². The molecule has 0 amide bonds. The van der Waals surface area contributed by atoms with Crippen molar-refractivity contribution in [2.75, 3.05) is 10.5 Å². The van der Waals surface area contributed by atoms with Gasteiger partial charge in [0.15, 0.2) is 0 Å². The summed E-state index contributed by atoms with van der Waals surface area (Å²) in [7, 11) is -3.77. The summed E-state index contributed by atoms with van der Waals surface area (Å²) in [5.41, 5.74) is 7.41. The maximum atomic E-state index is 12.4. The topological polar surface area (TPSA) is 72.2 Å². The van der Waals surface area contributed by atoms with Crippen molar-refractivity contribution in [1.29, 1.82) is 0 Å². The molecule has 2 aromatic carbocycles. The number of nitrogen functional groups attached to an aromatic ring is 1. The van der Waals surface area contributed by atoms with Crippen LogP contribution in [0.1, 0.15) is 5.56 Å². The number of anilines is 2. The average Bonchev–Trinajstić information content (AvgIpc) is 2.33. The Morgan fingerprint density at radius 1 is 1.25 bits per heavy atom. The van der Waals surface area contributed by atoms with Gasteiger partial charge >= 0.3 is 0 Å². The van der Waals surface area contributed by atoms with E-state index in [1.807, 2.05) is 13.0 Å². The van der Waals surface area contributed by atoms with Gasteiger partial charge in [0, 0.05) is 16.4 Å². The molecule has 0 heterocycles. The highest BCUT2D eigenvalue weighted by Crippen LogP contribution is 2.32. The molecule has 4 nitrogen and oxygen atoms in total. The molecule has 7 heteroatoms. The van der Waals surface area contributed by atoms with E-state index < -0.39 is 10.0 Å². The molecule has 2 rings (SSSR count). The minimum atomic E-state index is -3.77. The van der Waals surface area contributed by atoms with Crippen LogP contribution in [-0.2, 0) is 10.0 Å². The maximum Gasteiger partial charge on any atom is 0.263 e. The van der Waals surface area contributed by atoms with Gasteiger partial charge in [0.2, 0.25) is 0 Å². The fraction of sp³-hybridized carbons (Fsp3) is 0.0769. The van der Waals surface area contributed by atoms with E-state index in [0.717, 1.165) is 5.56 Å². The molecule has 2 aromatic rings. The first-order valence-corrected chi connectivity index (χ1v) is 8.29. The Bertz CT molecular complexity index is 763. The van der Waals surface area contributed by atoms with E-state index in [1.54, 1.807) is 18.2 Å². The molecule has 0 saturated heterocycles. The molecule has 3 N–H and O–H groups in total. The van der Waals surface area contributed by atoms with Crippen LogP contribution < -0.4 is 10.5 Å². The first-order valence-electron chi connectivity index (χ1n) is 5.63. The van der Waals surface area contributed by atoms with Crippen molar-refractivity contribution in [3.63, 3.8) is 0 Å². The SMILES string of the molecule is Cc1cccc(NS(=O)(=O)c2cc(Cl)cc(N)c2Br)c1. The monoisotopic (exact) mass is 374 g/mol. The summed E-state index contributed by atoms with van der Waals surface area (Å²) in [6, 6.07) is 9.89. The van der Waals surface area contributed by atoms with Crippen molar-refractivity contribution in [2.45, 2.75) is 11.8 Å². The van der Waals surface area contributed by atoms with Gasteiger partial charge in [-0.2, -0.15) is 0 Å². The van der Waals surface area contributed by atoms with Gasteiger partial charge in [0.05, 0.1) is 4.47 Å². The number of halogens is 2. The third-order valence-electron chi connectivity index (χ3n) is 2.59. The molecular weight excluding hydrogens is 364 g/mol. The van der Waals surface area contributed by atoms with Gasteiger partial charge in [0.1, 0.15) is 4.90 Å². The van der Waals surface area contributed by atoms with Gasteiger partial charge in [-0.3, -0.25) is 4.72 Å². The van der Waals surface area contributed by atoms with E-state index in [9.17, 15) is 8.42 Å². The number of aryl methyl sites for hydroxylation is 1. The Balaban J connectivity index is 2.46. The van der Waals surface area contributed by atoms with Crippen molar-refractivity contribution >= 4 is 48.9 Å². The van der Waals surface area contributed by atoms with E-state index in [1.165, 1.54) is 12.1 Å². The van der Waals surface area contributed by atoms with Crippen molar-refractivity contribution in [3.8, 4) is 0 Å². The van der Waals surface area contributed by atoms with Crippen molar-refractivity contribution in [2.24, 2.45) is 0 Å². The summed E-state index contributed by atoms with van der Waals surface area (Å²) < 4.78 is 27.6. The van der Waals surface area contributed by atoms with Gasteiger partial charge in [0.25, 0.3) is 10.0 Å². The average molecular weight is 376 g/mol. The largest absolute Gasteiger partial charge is 0.398 e. The second-order valence-electron chi connectivity index (χ2n) is 4.28. The summed E-state index contributed by atoms with van der Waals surface area (Å²) in [6.45, 7) is 1.88. The number of nitrogens with one attached hydrogen (secondary N) is 1. The van der Waals surface area contributed by atoms with Crippen LogP contribution in [0.15, 0.2) is 45.8 Å². The van der Waals surface area contributed by atoms with Crippen LogP contribution >= 0.6 is 27.5 Å². The van der Waals surface area contributed by atoms with E-state index in [0.29, 0.717) is 10.2 Å². The summed E-state index contributed by atoms with van der Waals surface area (Å²) in [5, 5.41) is 0.260. The molecule has 0 aliphatic rings. The first kappa shape index (κ1) is 15.2. The van der Waals surface area contributed by atoms with Gasteiger partial charge in [-0.1, -0.05) is 23.7 Å². The molecule has 20 heavy (non-hydrogen) atoms. The van der Waals surface area contributed by atoms with Gasteiger partial charge in [-0.05, 0) is 52.7 Å². The maximum absolute atomic E-state index is 12.4. The third kappa shape index (κ3) is 3.26. The zero-order chi connectivity index (χ0) is 14.9. The summed E-state index contributed by atoms with van der Waals surface area (Å²) >= 11 is 9.04. The van der Waals surface area contributed by atoms with Crippen molar-refractivity contribution in [3.05, 3.63) is 51.5 Å². The molecule has 0 fully saturated rings. The highest BCUT2D eigenvalue weighted by molar-refractivity contribution is 9.10. The Kier molecular flexibility index (Phi) is 4.27. The lowest BCUT2D eigenvalue weighted by atomic mass is 10.2. The van der Waals surface area contributed by atoms with Crippen LogP contribution in [0.3, 0.4) is 0 Å². The van der Waals surface area contributed by atoms with Crippen LogP contribution in [0.4, 0.5) is 11.4 Å². The molecule has 0 aliphatic carbocycles. The Hall–Kier alpha value is -1.24. The third-order valence-corrected chi connectivity index (χ3v) is 5.36. The summed E-state index contributed by atoms with van der Waals surface area (Å²) in [4.78, 5) is 0.00371. The number of hydrogen-bond donors (Lipinski definition) is 2. The second kappa shape index (κ2) is 5.63. The molecule has 0 saturated carbocycles. The predicted molar refractivity (Wildman–Crippen MR) is 85.6 cm³/mol. The van der Waals surface area contributed by atoms with Crippen molar-refractivity contribution in [1.82, 2.24) is 0 Å². The predicted octanol–water partition coefficient (Wildman–Crippen LogP) is 3.79. The number of hydrogen-bond acceptors (Lipinski definition) is 3. The molecule has 0 aliphatic heterocycles. The molecule has 0 aromatic heterocycles. The summed E-state index contributed by atoms with van der Waals surface area (Å²) in [5.74, 6) is 0. The van der Waals surface area contributed by atoms with Crippen molar-refractivity contribution < 1.29 is 8.42 Å². The van der Waals surface area contributed by atoms with Crippen LogP contribution in [0.2, 0.25) is 5.02 Å². The molecule has 0 unspecified atom stereocenters. The minimum Gasteiger partial charge on any atom is -0.398 e. The molecule has 106 valence electrons. The number of benzene rings is 2. The van der Waals surface area contributed by atoms with Crippen LogP contribution in [0.25, 0.3) is 0 Å². The smallest absolute Gasteiger partial charge is 0.263 e. The first-order chi connectivity index (χ1) is 9.29.